The van der Waals surface area contributed by atoms with Crippen molar-refractivity contribution in [3.63, 3.8) is 0 Å². The van der Waals surface area contributed by atoms with E-state index in [-0.39, 0.29) is 5.54 Å². The lowest BCUT2D eigenvalue weighted by Crippen LogP contribution is -2.52. The fourth-order valence-corrected chi connectivity index (χ4v) is 3.64. The highest BCUT2D eigenvalue weighted by Gasteiger charge is 2.38. The first-order valence-electron chi connectivity index (χ1n) is 5.69. The number of piperidine rings is 1. The van der Waals surface area contributed by atoms with Gasteiger partial charge in [-0.2, -0.15) is 0 Å². The van der Waals surface area contributed by atoms with E-state index in [1.165, 1.54) is 30.7 Å². The highest BCUT2D eigenvalue weighted by molar-refractivity contribution is 7.10. The summed E-state index contributed by atoms with van der Waals surface area (Å²) in [7, 11) is 4.31. The number of likely N-dealkylation sites (N-methyl/N-ethyl adjacent to an activating group) is 2. The third-order valence-corrected chi connectivity index (χ3v) is 4.58. The van der Waals surface area contributed by atoms with Gasteiger partial charge in [0.25, 0.3) is 0 Å². The molecule has 0 aliphatic carbocycles. The molecule has 1 unspecified atom stereocenters. The molecular weight excluding hydrogens is 204 g/mol. The minimum atomic E-state index is 0.251. The van der Waals surface area contributed by atoms with Gasteiger partial charge in [0.2, 0.25) is 0 Å². The van der Waals surface area contributed by atoms with Crippen LogP contribution in [-0.4, -0.2) is 32.1 Å². The van der Waals surface area contributed by atoms with E-state index >= 15 is 0 Å². The SMILES string of the molecule is CNCC1(c2cccs2)CCCCN1C. The van der Waals surface area contributed by atoms with E-state index < -0.39 is 0 Å². The average molecular weight is 224 g/mol. The number of nitrogens with zero attached hydrogens (tertiary/aromatic N) is 1. The Morgan fingerprint density at radius 1 is 1.53 bits per heavy atom. The standard InChI is InChI=1S/C12H20N2S/c1-13-10-12(11-6-5-9-15-11)7-3-4-8-14(12)2/h5-6,9,13H,3-4,7-8,10H2,1-2H3. The number of rotatable bonds is 3. The van der Waals surface area contributed by atoms with Gasteiger partial charge in [0.15, 0.2) is 0 Å². The summed E-state index contributed by atoms with van der Waals surface area (Å²) in [6.07, 6.45) is 3.97. The van der Waals surface area contributed by atoms with Crippen molar-refractivity contribution in [2.75, 3.05) is 27.2 Å². The molecule has 2 nitrogen and oxygen atoms in total. The minimum absolute atomic E-state index is 0.251. The van der Waals surface area contributed by atoms with Crippen LogP contribution in [0.2, 0.25) is 0 Å². The van der Waals surface area contributed by atoms with Gasteiger partial charge in [0.05, 0.1) is 5.54 Å². The molecule has 1 aliphatic heterocycles. The first-order valence-corrected chi connectivity index (χ1v) is 6.57. The van der Waals surface area contributed by atoms with Crippen molar-refractivity contribution in [3.8, 4) is 0 Å². The van der Waals surface area contributed by atoms with Crippen LogP contribution in [0.3, 0.4) is 0 Å². The Hall–Kier alpha value is -0.380. The molecule has 0 radical (unpaired) electrons. The highest BCUT2D eigenvalue weighted by Crippen LogP contribution is 2.38. The van der Waals surface area contributed by atoms with E-state index in [1.807, 2.05) is 11.3 Å². The summed E-state index contributed by atoms with van der Waals surface area (Å²) in [6, 6.07) is 4.45. The molecule has 0 spiro atoms. The summed E-state index contributed by atoms with van der Waals surface area (Å²) in [5.41, 5.74) is 0.251. The molecule has 1 fully saturated rings. The van der Waals surface area contributed by atoms with Crippen LogP contribution in [0.25, 0.3) is 0 Å². The number of hydrogen-bond donors (Lipinski definition) is 1. The lowest BCUT2D eigenvalue weighted by Gasteiger charge is -2.45. The molecule has 2 heterocycles. The van der Waals surface area contributed by atoms with E-state index in [4.69, 9.17) is 0 Å². The highest BCUT2D eigenvalue weighted by atomic mass is 32.1. The summed E-state index contributed by atoms with van der Waals surface area (Å²) in [5.74, 6) is 0. The molecule has 1 aromatic heterocycles. The molecule has 2 rings (SSSR count). The maximum Gasteiger partial charge on any atom is 0.0677 e. The molecule has 0 saturated carbocycles. The quantitative estimate of drug-likeness (QED) is 0.847. The van der Waals surface area contributed by atoms with Gasteiger partial charge in [-0.05, 0) is 51.3 Å². The molecule has 1 aliphatic rings. The van der Waals surface area contributed by atoms with Crippen molar-refractivity contribution < 1.29 is 0 Å². The summed E-state index contributed by atoms with van der Waals surface area (Å²) in [4.78, 5) is 4.04. The topological polar surface area (TPSA) is 15.3 Å². The predicted octanol–water partition coefficient (Wildman–Crippen LogP) is 2.28. The Morgan fingerprint density at radius 2 is 2.40 bits per heavy atom. The molecule has 1 atom stereocenters. The van der Waals surface area contributed by atoms with Gasteiger partial charge < -0.3 is 5.32 Å². The molecule has 0 aromatic carbocycles. The van der Waals surface area contributed by atoms with E-state index in [2.05, 4.69) is 41.8 Å². The van der Waals surface area contributed by atoms with E-state index in [1.54, 1.807) is 0 Å². The molecule has 15 heavy (non-hydrogen) atoms. The zero-order valence-electron chi connectivity index (χ0n) is 9.62. The van der Waals surface area contributed by atoms with Crippen LogP contribution in [0.4, 0.5) is 0 Å². The summed E-state index contributed by atoms with van der Waals surface area (Å²) < 4.78 is 0. The van der Waals surface area contributed by atoms with Crippen molar-refractivity contribution in [2.24, 2.45) is 0 Å². The van der Waals surface area contributed by atoms with E-state index in [0.717, 1.165) is 6.54 Å². The van der Waals surface area contributed by atoms with Crippen molar-refractivity contribution in [1.29, 1.82) is 0 Å². The lowest BCUT2D eigenvalue weighted by molar-refractivity contribution is 0.0749. The summed E-state index contributed by atoms with van der Waals surface area (Å²) >= 11 is 1.89. The maximum absolute atomic E-state index is 3.36. The van der Waals surface area contributed by atoms with Crippen molar-refractivity contribution in [2.45, 2.75) is 24.8 Å². The summed E-state index contributed by atoms with van der Waals surface area (Å²) in [6.45, 7) is 2.28. The Labute approximate surface area is 96.3 Å². The summed E-state index contributed by atoms with van der Waals surface area (Å²) in [5, 5.41) is 5.55. The second-order valence-electron chi connectivity index (χ2n) is 4.42. The smallest absolute Gasteiger partial charge is 0.0677 e. The van der Waals surface area contributed by atoms with Crippen LogP contribution in [0, 0.1) is 0 Å². The largest absolute Gasteiger partial charge is 0.318 e. The third kappa shape index (κ3) is 1.96. The van der Waals surface area contributed by atoms with Crippen LogP contribution < -0.4 is 5.32 Å². The number of likely N-dealkylation sites (tertiary alicyclic amines) is 1. The molecule has 1 saturated heterocycles. The first-order chi connectivity index (χ1) is 7.29. The maximum atomic E-state index is 3.36. The van der Waals surface area contributed by atoms with E-state index in [0.29, 0.717) is 0 Å². The average Bonchev–Trinajstić information content (AvgIpc) is 2.75. The minimum Gasteiger partial charge on any atom is -0.318 e. The molecule has 0 bridgehead atoms. The van der Waals surface area contributed by atoms with Gasteiger partial charge in [0, 0.05) is 11.4 Å². The molecule has 1 N–H and O–H groups in total. The van der Waals surface area contributed by atoms with Gasteiger partial charge in [-0.15, -0.1) is 11.3 Å². The van der Waals surface area contributed by atoms with Crippen molar-refractivity contribution in [3.05, 3.63) is 22.4 Å². The lowest BCUT2D eigenvalue weighted by atomic mass is 9.85. The van der Waals surface area contributed by atoms with Crippen LogP contribution in [-0.2, 0) is 5.54 Å². The fraction of sp³-hybridized carbons (Fsp3) is 0.667. The van der Waals surface area contributed by atoms with Gasteiger partial charge in [-0.3, -0.25) is 4.90 Å². The number of nitrogens with one attached hydrogen (secondary N) is 1. The van der Waals surface area contributed by atoms with Crippen LogP contribution in [0.15, 0.2) is 17.5 Å². The van der Waals surface area contributed by atoms with Gasteiger partial charge in [0.1, 0.15) is 0 Å². The van der Waals surface area contributed by atoms with E-state index in [9.17, 15) is 0 Å². The second-order valence-corrected chi connectivity index (χ2v) is 5.37. The fourth-order valence-electron chi connectivity index (χ4n) is 2.63. The number of thiophene rings is 1. The molecule has 1 aromatic rings. The normalized spacial score (nSPS) is 28.1. The Kier molecular flexibility index (Phi) is 3.44. The van der Waals surface area contributed by atoms with Gasteiger partial charge >= 0.3 is 0 Å². The van der Waals surface area contributed by atoms with Crippen LogP contribution in [0.1, 0.15) is 24.1 Å². The molecular formula is C12H20N2S. The van der Waals surface area contributed by atoms with Crippen LogP contribution in [0.5, 0.6) is 0 Å². The number of hydrogen-bond acceptors (Lipinski definition) is 3. The Bertz CT molecular complexity index is 293. The first kappa shape index (κ1) is 11.1. The molecule has 84 valence electrons. The second kappa shape index (κ2) is 4.64. The Balaban J connectivity index is 2.30. The molecule has 3 heteroatoms. The monoisotopic (exact) mass is 224 g/mol. The predicted molar refractivity (Wildman–Crippen MR) is 66.4 cm³/mol. The Morgan fingerprint density at radius 3 is 3.00 bits per heavy atom. The molecule has 0 amide bonds. The van der Waals surface area contributed by atoms with Crippen molar-refractivity contribution >= 4 is 11.3 Å². The van der Waals surface area contributed by atoms with Crippen molar-refractivity contribution in [1.82, 2.24) is 10.2 Å². The third-order valence-electron chi connectivity index (χ3n) is 3.51. The van der Waals surface area contributed by atoms with Crippen LogP contribution >= 0.6 is 11.3 Å². The van der Waals surface area contributed by atoms with Gasteiger partial charge in [-0.1, -0.05) is 6.07 Å². The zero-order valence-corrected chi connectivity index (χ0v) is 10.4. The zero-order chi connectivity index (χ0) is 10.7. The van der Waals surface area contributed by atoms with Gasteiger partial charge in [-0.25, -0.2) is 0 Å².